The van der Waals surface area contributed by atoms with Crippen LogP contribution in [0, 0.1) is 0 Å². The summed E-state index contributed by atoms with van der Waals surface area (Å²) in [4.78, 5) is 1.40. The maximum Gasteiger partial charge on any atom is 0.401 e. The van der Waals surface area contributed by atoms with Crippen molar-refractivity contribution in [3.05, 3.63) is 0 Å². The first-order valence-electron chi connectivity index (χ1n) is 5.57. The van der Waals surface area contributed by atoms with Crippen LogP contribution < -0.4 is 5.32 Å². The monoisotopic (exact) mass is 240 g/mol. The zero-order valence-electron chi connectivity index (χ0n) is 9.68. The lowest BCUT2D eigenvalue weighted by Gasteiger charge is -2.36. The van der Waals surface area contributed by atoms with Crippen LogP contribution in [-0.4, -0.2) is 56.0 Å². The van der Waals surface area contributed by atoms with E-state index in [1.807, 2.05) is 0 Å². The Morgan fingerprint density at radius 2 is 2.19 bits per heavy atom. The van der Waals surface area contributed by atoms with Gasteiger partial charge in [-0.3, -0.25) is 4.90 Å². The van der Waals surface area contributed by atoms with Gasteiger partial charge < -0.3 is 10.1 Å². The predicted octanol–water partition coefficient (Wildman–Crippen LogP) is 1.25. The Morgan fingerprint density at radius 1 is 1.50 bits per heavy atom. The fourth-order valence-corrected chi connectivity index (χ4v) is 1.90. The van der Waals surface area contributed by atoms with Crippen molar-refractivity contribution < 1.29 is 17.9 Å². The molecule has 1 heterocycles. The van der Waals surface area contributed by atoms with E-state index in [0.29, 0.717) is 19.7 Å². The van der Waals surface area contributed by atoms with Gasteiger partial charge >= 0.3 is 6.18 Å². The summed E-state index contributed by atoms with van der Waals surface area (Å²) in [6, 6.07) is -0.223. The fraction of sp³-hybridized carbons (Fsp3) is 1.00. The molecule has 2 unspecified atom stereocenters. The summed E-state index contributed by atoms with van der Waals surface area (Å²) >= 11 is 0. The Balaban J connectivity index is 2.50. The number of hydrogen-bond acceptors (Lipinski definition) is 3. The van der Waals surface area contributed by atoms with Gasteiger partial charge in [-0.15, -0.1) is 0 Å². The SMILES string of the molecule is CCN(CC(F)(F)F)C(C)C1CNCCO1. The second kappa shape index (κ2) is 5.84. The molecule has 16 heavy (non-hydrogen) atoms. The summed E-state index contributed by atoms with van der Waals surface area (Å²) in [5.41, 5.74) is 0. The Kier molecular flexibility index (Phi) is 5.01. The molecule has 0 bridgehead atoms. The molecule has 96 valence electrons. The lowest BCUT2D eigenvalue weighted by Crippen LogP contribution is -2.52. The molecule has 1 fully saturated rings. The van der Waals surface area contributed by atoms with E-state index in [0.717, 1.165) is 6.54 Å². The van der Waals surface area contributed by atoms with Gasteiger partial charge in [0.15, 0.2) is 0 Å². The average Bonchev–Trinajstić information content (AvgIpc) is 2.25. The maximum absolute atomic E-state index is 12.3. The van der Waals surface area contributed by atoms with Crippen molar-refractivity contribution >= 4 is 0 Å². The first-order chi connectivity index (χ1) is 7.44. The lowest BCUT2D eigenvalue weighted by molar-refractivity contribution is -0.157. The molecule has 0 spiro atoms. The van der Waals surface area contributed by atoms with E-state index in [1.54, 1.807) is 13.8 Å². The number of hydrogen-bond donors (Lipinski definition) is 1. The summed E-state index contributed by atoms with van der Waals surface area (Å²) in [6.07, 6.45) is -4.30. The highest BCUT2D eigenvalue weighted by molar-refractivity contribution is 4.81. The van der Waals surface area contributed by atoms with Crippen molar-refractivity contribution in [1.82, 2.24) is 10.2 Å². The largest absolute Gasteiger partial charge is 0.401 e. The van der Waals surface area contributed by atoms with Crippen LogP contribution in [0.5, 0.6) is 0 Å². The average molecular weight is 240 g/mol. The molecular formula is C10H19F3N2O. The highest BCUT2D eigenvalue weighted by Crippen LogP contribution is 2.19. The van der Waals surface area contributed by atoms with Gasteiger partial charge in [-0.2, -0.15) is 13.2 Å². The van der Waals surface area contributed by atoms with Crippen molar-refractivity contribution in [1.29, 1.82) is 0 Å². The normalized spacial score (nSPS) is 24.8. The maximum atomic E-state index is 12.3. The van der Waals surface area contributed by atoms with E-state index < -0.39 is 12.7 Å². The molecule has 3 nitrogen and oxygen atoms in total. The number of ether oxygens (including phenoxy) is 1. The molecule has 1 N–H and O–H groups in total. The van der Waals surface area contributed by atoms with Crippen molar-refractivity contribution in [3.8, 4) is 0 Å². The second-order valence-electron chi connectivity index (χ2n) is 4.03. The van der Waals surface area contributed by atoms with E-state index in [4.69, 9.17) is 4.74 Å². The molecule has 0 aromatic rings. The minimum atomic E-state index is -4.15. The number of rotatable bonds is 4. The van der Waals surface area contributed by atoms with E-state index in [-0.39, 0.29) is 12.1 Å². The van der Waals surface area contributed by atoms with Crippen LogP contribution in [0.3, 0.4) is 0 Å². The van der Waals surface area contributed by atoms with Crippen LogP contribution >= 0.6 is 0 Å². The van der Waals surface area contributed by atoms with Gasteiger partial charge in [-0.05, 0) is 13.5 Å². The highest BCUT2D eigenvalue weighted by atomic mass is 19.4. The van der Waals surface area contributed by atoms with E-state index in [2.05, 4.69) is 5.32 Å². The molecular weight excluding hydrogens is 221 g/mol. The van der Waals surface area contributed by atoms with Gasteiger partial charge in [0.1, 0.15) is 0 Å². The Hall–Kier alpha value is -0.330. The number of nitrogens with one attached hydrogen (secondary N) is 1. The van der Waals surface area contributed by atoms with Gasteiger partial charge in [0, 0.05) is 19.1 Å². The van der Waals surface area contributed by atoms with Crippen LogP contribution in [0.15, 0.2) is 0 Å². The zero-order valence-corrected chi connectivity index (χ0v) is 9.68. The second-order valence-corrected chi connectivity index (χ2v) is 4.03. The third kappa shape index (κ3) is 4.27. The van der Waals surface area contributed by atoms with E-state index >= 15 is 0 Å². The molecule has 1 aliphatic rings. The van der Waals surface area contributed by atoms with Gasteiger partial charge in [0.2, 0.25) is 0 Å². The fourth-order valence-electron chi connectivity index (χ4n) is 1.90. The van der Waals surface area contributed by atoms with Crippen molar-refractivity contribution in [2.24, 2.45) is 0 Å². The first kappa shape index (κ1) is 13.7. The first-order valence-corrected chi connectivity index (χ1v) is 5.57. The molecule has 1 rings (SSSR count). The van der Waals surface area contributed by atoms with Crippen molar-refractivity contribution in [3.63, 3.8) is 0 Å². The van der Waals surface area contributed by atoms with Crippen LogP contribution in [0.1, 0.15) is 13.8 Å². The Labute approximate surface area is 93.9 Å². The number of likely N-dealkylation sites (N-methyl/N-ethyl adjacent to an activating group) is 1. The molecule has 0 aliphatic carbocycles. The summed E-state index contributed by atoms with van der Waals surface area (Å²) in [7, 11) is 0. The molecule has 2 atom stereocenters. The summed E-state index contributed by atoms with van der Waals surface area (Å²) in [5.74, 6) is 0. The molecule has 1 aliphatic heterocycles. The molecule has 1 saturated heterocycles. The van der Waals surface area contributed by atoms with Crippen molar-refractivity contribution in [2.75, 3.05) is 32.8 Å². The van der Waals surface area contributed by atoms with Gasteiger partial charge in [0.05, 0.1) is 19.3 Å². The van der Waals surface area contributed by atoms with Crippen molar-refractivity contribution in [2.45, 2.75) is 32.2 Å². The Bertz CT molecular complexity index is 205. The predicted molar refractivity (Wildman–Crippen MR) is 55.4 cm³/mol. The third-order valence-corrected chi connectivity index (χ3v) is 2.86. The van der Waals surface area contributed by atoms with Gasteiger partial charge in [0.25, 0.3) is 0 Å². The molecule has 0 amide bonds. The zero-order chi connectivity index (χ0) is 12.2. The minimum absolute atomic E-state index is 0.156. The molecule has 0 aromatic carbocycles. The smallest absolute Gasteiger partial charge is 0.374 e. The molecule has 6 heteroatoms. The molecule has 0 radical (unpaired) electrons. The number of halogens is 3. The molecule has 0 saturated carbocycles. The van der Waals surface area contributed by atoms with Gasteiger partial charge in [-0.1, -0.05) is 6.92 Å². The van der Waals surface area contributed by atoms with E-state index in [9.17, 15) is 13.2 Å². The number of nitrogens with zero attached hydrogens (tertiary/aromatic N) is 1. The van der Waals surface area contributed by atoms with Crippen LogP contribution in [0.2, 0.25) is 0 Å². The third-order valence-electron chi connectivity index (χ3n) is 2.86. The summed E-state index contributed by atoms with van der Waals surface area (Å²) in [6.45, 7) is 4.99. The lowest BCUT2D eigenvalue weighted by atomic mass is 10.1. The van der Waals surface area contributed by atoms with E-state index in [1.165, 1.54) is 4.90 Å². The summed E-state index contributed by atoms with van der Waals surface area (Å²) < 4.78 is 42.4. The van der Waals surface area contributed by atoms with Crippen LogP contribution in [0.25, 0.3) is 0 Å². The topological polar surface area (TPSA) is 24.5 Å². The molecule has 0 aromatic heterocycles. The summed E-state index contributed by atoms with van der Waals surface area (Å²) in [5, 5.41) is 3.12. The minimum Gasteiger partial charge on any atom is -0.374 e. The number of alkyl halides is 3. The van der Waals surface area contributed by atoms with Crippen LogP contribution in [-0.2, 0) is 4.74 Å². The van der Waals surface area contributed by atoms with Gasteiger partial charge in [-0.25, -0.2) is 0 Å². The highest BCUT2D eigenvalue weighted by Gasteiger charge is 2.34. The quantitative estimate of drug-likeness (QED) is 0.800. The van der Waals surface area contributed by atoms with Crippen LogP contribution in [0.4, 0.5) is 13.2 Å². The number of morpholine rings is 1. The standard InChI is InChI=1S/C10H19F3N2O/c1-3-15(7-10(11,12)13)8(2)9-6-14-4-5-16-9/h8-9,14H,3-7H2,1-2H3. The Morgan fingerprint density at radius 3 is 2.62 bits per heavy atom.